The third kappa shape index (κ3) is 4.37. The van der Waals surface area contributed by atoms with Gasteiger partial charge in [-0.05, 0) is 49.6 Å². The van der Waals surface area contributed by atoms with E-state index in [1.807, 2.05) is 48.2 Å². The molecule has 0 saturated carbocycles. The number of nitrogens with zero attached hydrogens (tertiary/aromatic N) is 4. The van der Waals surface area contributed by atoms with E-state index >= 15 is 0 Å². The number of aryl methyl sites for hydroxylation is 1. The molecule has 1 aromatic heterocycles. The Morgan fingerprint density at radius 3 is 2.67 bits per heavy atom. The zero-order valence-corrected chi connectivity index (χ0v) is 19.2. The van der Waals surface area contributed by atoms with Gasteiger partial charge in [0.2, 0.25) is 11.8 Å². The number of carbonyl (C=O) groups is 2. The largest absolute Gasteiger partial charge is 0.342 e. The van der Waals surface area contributed by atoms with Gasteiger partial charge in [-0.1, -0.05) is 41.0 Å². The lowest BCUT2D eigenvalue weighted by atomic mass is 9.95. The average molecular weight is 465 g/mol. The fourth-order valence-corrected chi connectivity index (χ4v) is 4.89. The summed E-state index contributed by atoms with van der Waals surface area (Å²) in [5.41, 5.74) is 2.77. The van der Waals surface area contributed by atoms with Gasteiger partial charge in [0, 0.05) is 48.2 Å². The number of likely N-dealkylation sites (tertiary alicyclic amines) is 1. The SMILES string of the molecule is Cc1ccccc1-c1nc(C2CCN(C(=O)[C@@H]3CC(=O)N(c4cccc(Cl)c4)C3)CC2)no1. The second-order valence-electron chi connectivity index (χ2n) is 8.76. The van der Waals surface area contributed by atoms with Crippen LogP contribution in [0.4, 0.5) is 5.69 Å². The topological polar surface area (TPSA) is 79.5 Å². The maximum absolute atomic E-state index is 13.1. The van der Waals surface area contributed by atoms with E-state index in [0.717, 1.165) is 29.7 Å². The normalized spacial score (nSPS) is 19.3. The van der Waals surface area contributed by atoms with Gasteiger partial charge >= 0.3 is 0 Å². The molecule has 2 aliphatic heterocycles. The van der Waals surface area contributed by atoms with Gasteiger partial charge in [-0.3, -0.25) is 9.59 Å². The summed E-state index contributed by atoms with van der Waals surface area (Å²) >= 11 is 6.07. The first kappa shape index (κ1) is 21.6. The van der Waals surface area contributed by atoms with Crippen molar-refractivity contribution in [2.45, 2.75) is 32.1 Å². The second-order valence-corrected chi connectivity index (χ2v) is 9.19. The molecule has 0 unspecified atom stereocenters. The van der Waals surface area contributed by atoms with Crippen molar-refractivity contribution in [1.29, 1.82) is 0 Å². The Bertz CT molecular complexity index is 1190. The molecular formula is C25H25ClN4O3. The molecule has 2 fully saturated rings. The molecule has 7 nitrogen and oxygen atoms in total. The molecule has 0 bridgehead atoms. The Morgan fingerprint density at radius 1 is 1.12 bits per heavy atom. The van der Waals surface area contributed by atoms with Crippen LogP contribution in [0.2, 0.25) is 5.02 Å². The number of hydrogen-bond acceptors (Lipinski definition) is 5. The summed E-state index contributed by atoms with van der Waals surface area (Å²) in [7, 11) is 0. The van der Waals surface area contributed by atoms with Crippen molar-refractivity contribution in [2.75, 3.05) is 24.5 Å². The molecule has 33 heavy (non-hydrogen) atoms. The molecule has 0 radical (unpaired) electrons. The lowest BCUT2D eigenvalue weighted by Crippen LogP contribution is -2.42. The fourth-order valence-electron chi connectivity index (χ4n) is 4.71. The molecule has 8 heteroatoms. The van der Waals surface area contributed by atoms with Gasteiger partial charge in [0.25, 0.3) is 5.89 Å². The Labute approximate surface area is 197 Å². The predicted molar refractivity (Wildman–Crippen MR) is 125 cm³/mol. The van der Waals surface area contributed by atoms with Crippen molar-refractivity contribution >= 4 is 29.1 Å². The fraction of sp³-hybridized carbons (Fsp3) is 0.360. The molecule has 3 heterocycles. The summed E-state index contributed by atoms with van der Waals surface area (Å²) in [6.07, 6.45) is 1.78. The first-order chi connectivity index (χ1) is 16.0. The highest BCUT2D eigenvalue weighted by molar-refractivity contribution is 6.31. The number of amides is 2. The highest BCUT2D eigenvalue weighted by atomic mass is 35.5. The van der Waals surface area contributed by atoms with E-state index in [0.29, 0.717) is 36.4 Å². The predicted octanol–water partition coefficient (Wildman–Crippen LogP) is 4.46. The van der Waals surface area contributed by atoms with E-state index in [4.69, 9.17) is 16.1 Å². The van der Waals surface area contributed by atoms with E-state index < -0.39 is 0 Å². The van der Waals surface area contributed by atoms with Gasteiger partial charge in [-0.15, -0.1) is 0 Å². The van der Waals surface area contributed by atoms with Crippen LogP contribution in [0.25, 0.3) is 11.5 Å². The van der Waals surface area contributed by atoms with E-state index in [-0.39, 0.29) is 30.1 Å². The molecular weight excluding hydrogens is 440 g/mol. The minimum Gasteiger partial charge on any atom is -0.342 e. The summed E-state index contributed by atoms with van der Waals surface area (Å²) in [4.78, 5) is 33.8. The van der Waals surface area contributed by atoms with Crippen LogP contribution in [-0.4, -0.2) is 46.5 Å². The second kappa shape index (κ2) is 8.98. The number of halogens is 1. The van der Waals surface area contributed by atoms with Crippen LogP contribution in [-0.2, 0) is 9.59 Å². The summed E-state index contributed by atoms with van der Waals surface area (Å²) < 4.78 is 5.52. The van der Waals surface area contributed by atoms with Crippen LogP contribution in [0.5, 0.6) is 0 Å². The van der Waals surface area contributed by atoms with E-state index in [1.165, 1.54) is 0 Å². The van der Waals surface area contributed by atoms with Crippen molar-refractivity contribution in [1.82, 2.24) is 15.0 Å². The van der Waals surface area contributed by atoms with Crippen molar-refractivity contribution in [3.05, 3.63) is 64.9 Å². The molecule has 3 aromatic rings. The Balaban J connectivity index is 1.20. The monoisotopic (exact) mass is 464 g/mol. The third-order valence-electron chi connectivity index (χ3n) is 6.58. The summed E-state index contributed by atoms with van der Waals surface area (Å²) in [6, 6.07) is 15.1. The summed E-state index contributed by atoms with van der Waals surface area (Å²) in [5.74, 6) is 1.06. The zero-order chi connectivity index (χ0) is 22.9. The smallest absolute Gasteiger partial charge is 0.258 e. The number of hydrogen-bond donors (Lipinski definition) is 0. The van der Waals surface area contributed by atoms with E-state index in [2.05, 4.69) is 10.1 Å². The highest BCUT2D eigenvalue weighted by Crippen LogP contribution is 2.32. The van der Waals surface area contributed by atoms with Gasteiger partial charge < -0.3 is 14.3 Å². The van der Waals surface area contributed by atoms with E-state index in [9.17, 15) is 9.59 Å². The van der Waals surface area contributed by atoms with Crippen LogP contribution >= 0.6 is 11.6 Å². The maximum atomic E-state index is 13.1. The first-order valence-electron chi connectivity index (χ1n) is 11.2. The summed E-state index contributed by atoms with van der Waals surface area (Å²) in [6.45, 7) is 3.66. The Morgan fingerprint density at radius 2 is 1.91 bits per heavy atom. The number of piperidine rings is 1. The van der Waals surface area contributed by atoms with Crippen molar-refractivity contribution in [3.8, 4) is 11.5 Å². The maximum Gasteiger partial charge on any atom is 0.258 e. The number of carbonyl (C=O) groups excluding carboxylic acids is 2. The van der Waals surface area contributed by atoms with Crippen LogP contribution in [0, 0.1) is 12.8 Å². The van der Waals surface area contributed by atoms with Crippen molar-refractivity contribution in [3.63, 3.8) is 0 Å². The number of benzene rings is 2. The molecule has 170 valence electrons. The number of anilines is 1. The number of aromatic nitrogens is 2. The van der Waals surface area contributed by atoms with E-state index in [1.54, 1.807) is 17.0 Å². The molecule has 2 saturated heterocycles. The zero-order valence-electron chi connectivity index (χ0n) is 18.4. The van der Waals surface area contributed by atoms with Crippen LogP contribution in [0.15, 0.2) is 53.1 Å². The minimum absolute atomic E-state index is 0.0407. The standard InChI is InChI=1S/C25H25ClN4O3/c1-16-5-2-3-8-21(16)24-27-23(28-33-24)17-9-11-29(12-10-17)25(32)18-13-22(31)30(15-18)20-7-4-6-19(26)14-20/h2-8,14,17-18H,9-13,15H2,1H3/t18-/m1/s1. The molecule has 2 aromatic carbocycles. The van der Waals surface area contributed by atoms with Gasteiger partial charge in [0.1, 0.15) is 0 Å². The minimum atomic E-state index is -0.328. The quantitative estimate of drug-likeness (QED) is 0.569. The molecule has 0 N–H and O–H groups in total. The summed E-state index contributed by atoms with van der Waals surface area (Å²) in [5, 5.41) is 4.79. The van der Waals surface area contributed by atoms with Crippen molar-refractivity contribution < 1.29 is 14.1 Å². The lowest BCUT2D eigenvalue weighted by Gasteiger charge is -2.32. The van der Waals surface area contributed by atoms with Gasteiger partial charge in [-0.2, -0.15) is 4.98 Å². The lowest BCUT2D eigenvalue weighted by molar-refractivity contribution is -0.136. The van der Waals surface area contributed by atoms with Crippen LogP contribution < -0.4 is 4.90 Å². The van der Waals surface area contributed by atoms with Crippen LogP contribution in [0.1, 0.15) is 36.6 Å². The van der Waals surface area contributed by atoms with Crippen molar-refractivity contribution in [2.24, 2.45) is 5.92 Å². The number of rotatable bonds is 4. The molecule has 0 aliphatic carbocycles. The Hall–Kier alpha value is -3.19. The average Bonchev–Trinajstić information content (AvgIpc) is 3.46. The van der Waals surface area contributed by atoms with Crippen LogP contribution in [0.3, 0.4) is 0 Å². The molecule has 5 rings (SSSR count). The Kier molecular flexibility index (Phi) is 5.89. The van der Waals surface area contributed by atoms with Gasteiger partial charge in [-0.25, -0.2) is 0 Å². The molecule has 0 spiro atoms. The molecule has 2 amide bonds. The molecule has 1 atom stereocenters. The first-order valence-corrected chi connectivity index (χ1v) is 11.6. The highest BCUT2D eigenvalue weighted by Gasteiger charge is 2.38. The third-order valence-corrected chi connectivity index (χ3v) is 6.82. The van der Waals surface area contributed by atoms with Gasteiger partial charge in [0.05, 0.1) is 5.92 Å². The van der Waals surface area contributed by atoms with Gasteiger partial charge in [0.15, 0.2) is 5.82 Å². The molecule has 2 aliphatic rings.